The summed E-state index contributed by atoms with van der Waals surface area (Å²) in [5.41, 5.74) is 1.12. The van der Waals surface area contributed by atoms with Gasteiger partial charge in [-0.05, 0) is 44.1 Å². The van der Waals surface area contributed by atoms with Crippen molar-refractivity contribution >= 4 is 11.9 Å². The molecular formula is C19H25NO3. The van der Waals surface area contributed by atoms with Gasteiger partial charge in [0.25, 0.3) is 0 Å². The summed E-state index contributed by atoms with van der Waals surface area (Å²) in [6.45, 7) is 0. The molecule has 2 N–H and O–H groups in total. The fourth-order valence-corrected chi connectivity index (χ4v) is 4.19. The average Bonchev–Trinajstić information content (AvgIpc) is 3.18. The largest absolute Gasteiger partial charge is 0.481 e. The van der Waals surface area contributed by atoms with E-state index in [4.69, 9.17) is 5.11 Å². The summed E-state index contributed by atoms with van der Waals surface area (Å²) in [6.07, 6.45) is 7.01. The van der Waals surface area contributed by atoms with E-state index in [0.29, 0.717) is 19.3 Å². The summed E-state index contributed by atoms with van der Waals surface area (Å²) in [5.74, 6) is -1.18. The molecule has 1 aromatic carbocycles. The first kappa shape index (κ1) is 16.0. The van der Waals surface area contributed by atoms with Crippen LogP contribution in [0.1, 0.15) is 50.5 Å². The molecule has 1 aromatic rings. The zero-order chi connectivity index (χ0) is 16.3. The van der Waals surface area contributed by atoms with E-state index in [-0.39, 0.29) is 23.3 Å². The molecule has 124 valence electrons. The van der Waals surface area contributed by atoms with E-state index in [1.165, 1.54) is 5.56 Å². The highest BCUT2D eigenvalue weighted by Gasteiger charge is 2.39. The summed E-state index contributed by atoms with van der Waals surface area (Å²) < 4.78 is 0. The number of hydrogen-bond donors (Lipinski definition) is 2. The van der Waals surface area contributed by atoms with Gasteiger partial charge in [-0.2, -0.15) is 0 Å². The molecule has 0 heterocycles. The SMILES string of the molecule is O=C(O)[C@@H]1CC[C@H](C(=O)NC2(Cc3ccccc3)CCCC2)C1. The molecule has 4 heteroatoms. The third-order valence-corrected chi connectivity index (χ3v) is 5.49. The van der Waals surface area contributed by atoms with Gasteiger partial charge in [-0.25, -0.2) is 0 Å². The third kappa shape index (κ3) is 3.74. The standard InChI is InChI=1S/C19H25NO3/c21-17(15-8-9-16(12-15)18(22)23)20-19(10-4-5-11-19)13-14-6-2-1-3-7-14/h1-3,6-7,15-16H,4-5,8-13H2,(H,20,21)(H,22,23)/t15-,16+/m0/s1. The second kappa shape index (κ2) is 6.73. The summed E-state index contributed by atoms with van der Waals surface area (Å²) in [4.78, 5) is 23.7. The van der Waals surface area contributed by atoms with Crippen molar-refractivity contribution in [3.63, 3.8) is 0 Å². The predicted octanol–water partition coefficient (Wildman–Crippen LogP) is 3.16. The maximum absolute atomic E-state index is 12.7. The van der Waals surface area contributed by atoms with Crippen molar-refractivity contribution in [3.8, 4) is 0 Å². The Morgan fingerprint density at radius 1 is 1.09 bits per heavy atom. The topological polar surface area (TPSA) is 66.4 Å². The summed E-state index contributed by atoms with van der Waals surface area (Å²) in [6, 6.07) is 10.3. The zero-order valence-corrected chi connectivity index (χ0v) is 13.5. The van der Waals surface area contributed by atoms with Gasteiger partial charge < -0.3 is 10.4 Å². The van der Waals surface area contributed by atoms with Gasteiger partial charge in [0, 0.05) is 11.5 Å². The maximum Gasteiger partial charge on any atom is 0.306 e. The molecule has 2 saturated carbocycles. The van der Waals surface area contributed by atoms with Crippen LogP contribution in [0.3, 0.4) is 0 Å². The Hall–Kier alpha value is -1.84. The van der Waals surface area contributed by atoms with Gasteiger partial charge >= 0.3 is 5.97 Å². The number of aliphatic carboxylic acids is 1. The van der Waals surface area contributed by atoms with Crippen LogP contribution in [0.4, 0.5) is 0 Å². The quantitative estimate of drug-likeness (QED) is 0.877. The monoisotopic (exact) mass is 315 g/mol. The minimum absolute atomic E-state index is 0.0616. The number of rotatable bonds is 5. The minimum atomic E-state index is -0.764. The number of carboxylic acid groups (broad SMARTS) is 1. The van der Waals surface area contributed by atoms with Crippen LogP contribution in [0, 0.1) is 11.8 Å². The molecule has 23 heavy (non-hydrogen) atoms. The van der Waals surface area contributed by atoms with E-state index >= 15 is 0 Å². The molecule has 2 atom stereocenters. The van der Waals surface area contributed by atoms with Crippen LogP contribution in [0.25, 0.3) is 0 Å². The Bertz CT molecular complexity index is 563. The second-order valence-electron chi connectivity index (χ2n) is 7.18. The van der Waals surface area contributed by atoms with Crippen molar-refractivity contribution in [1.82, 2.24) is 5.32 Å². The fraction of sp³-hybridized carbons (Fsp3) is 0.579. The van der Waals surface area contributed by atoms with E-state index < -0.39 is 5.97 Å². The van der Waals surface area contributed by atoms with Gasteiger partial charge in [0.1, 0.15) is 0 Å². The number of carboxylic acids is 1. The fourth-order valence-electron chi connectivity index (χ4n) is 4.19. The Kier molecular flexibility index (Phi) is 4.69. The summed E-state index contributed by atoms with van der Waals surface area (Å²) >= 11 is 0. The molecule has 0 unspecified atom stereocenters. The molecule has 0 radical (unpaired) electrons. The average molecular weight is 315 g/mol. The highest BCUT2D eigenvalue weighted by Crippen LogP contribution is 2.36. The molecule has 0 saturated heterocycles. The van der Waals surface area contributed by atoms with Crippen LogP contribution in [0.15, 0.2) is 30.3 Å². The molecule has 4 nitrogen and oxygen atoms in total. The minimum Gasteiger partial charge on any atom is -0.481 e. The number of hydrogen-bond acceptors (Lipinski definition) is 2. The highest BCUT2D eigenvalue weighted by atomic mass is 16.4. The van der Waals surface area contributed by atoms with Gasteiger partial charge in [-0.15, -0.1) is 0 Å². The maximum atomic E-state index is 12.7. The van der Waals surface area contributed by atoms with Gasteiger partial charge in [-0.3, -0.25) is 9.59 Å². The van der Waals surface area contributed by atoms with Crippen molar-refractivity contribution < 1.29 is 14.7 Å². The molecule has 0 spiro atoms. The third-order valence-electron chi connectivity index (χ3n) is 5.49. The van der Waals surface area contributed by atoms with Crippen LogP contribution in [-0.2, 0) is 16.0 Å². The lowest BCUT2D eigenvalue weighted by Gasteiger charge is -2.32. The molecule has 0 bridgehead atoms. The summed E-state index contributed by atoms with van der Waals surface area (Å²) in [7, 11) is 0. The van der Waals surface area contributed by atoms with Gasteiger partial charge in [-0.1, -0.05) is 43.2 Å². The lowest BCUT2D eigenvalue weighted by atomic mass is 9.88. The van der Waals surface area contributed by atoms with Crippen LogP contribution >= 0.6 is 0 Å². The van der Waals surface area contributed by atoms with E-state index in [1.54, 1.807) is 0 Å². The molecule has 2 aliphatic rings. The molecule has 3 rings (SSSR count). The highest BCUT2D eigenvalue weighted by molar-refractivity contribution is 5.81. The van der Waals surface area contributed by atoms with Crippen molar-refractivity contribution in [2.75, 3.05) is 0 Å². The second-order valence-corrected chi connectivity index (χ2v) is 7.18. The first-order valence-corrected chi connectivity index (χ1v) is 8.67. The smallest absolute Gasteiger partial charge is 0.306 e. The normalized spacial score (nSPS) is 26.1. The van der Waals surface area contributed by atoms with Crippen LogP contribution in [0.2, 0.25) is 0 Å². The lowest BCUT2D eigenvalue weighted by molar-refractivity contribution is -0.141. The molecule has 0 aromatic heterocycles. The van der Waals surface area contributed by atoms with Crippen molar-refractivity contribution in [2.24, 2.45) is 11.8 Å². The van der Waals surface area contributed by atoms with E-state index in [9.17, 15) is 9.59 Å². The van der Waals surface area contributed by atoms with Crippen LogP contribution in [0.5, 0.6) is 0 Å². The first-order valence-electron chi connectivity index (χ1n) is 8.67. The Morgan fingerprint density at radius 2 is 1.74 bits per heavy atom. The van der Waals surface area contributed by atoms with Gasteiger partial charge in [0.15, 0.2) is 0 Å². The Morgan fingerprint density at radius 3 is 2.35 bits per heavy atom. The molecule has 0 aliphatic heterocycles. The first-order chi connectivity index (χ1) is 11.1. The van der Waals surface area contributed by atoms with Crippen molar-refractivity contribution in [1.29, 1.82) is 0 Å². The number of benzene rings is 1. The van der Waals surface area contributed by atoms with Crippen molar-refractivity contribution in [2.45, 2.75) is 56.9 Å². The number of amides is 1. The van der Waals surface area contributed by atoms with Gasteiger partial charge in [0.2, 0.25) is 5.91 Å². The lowest BCUT2D eigenvalue weighted by Crippen LogP contribution is -2.50. The van der Waals surface area contributed by atoms with E-state index in [0.717, 1.165) is 32.1 Å². The van der Waals surface area contributed by atoms with E-state index in [2.05, 4.69) is 17.4 Å². The molecule has 2 fully saturated rings. The zero-order valence-electron chi connectivity index (χ0n) is 13.5. The van der Waals surface area contributed by atoms with Crippen molar-refractivity contribution in [3.05, 3.63) is 35.9 Å². The summed E-state index contributed by atoms with van der Waals surface area (Å²) in [5, 5.41) is 12.4. The van der Waals surface area contributed by atoms with Crippen LogP contribution < -0.4 is 5.32 Å². The Labute approximate surface area is 137 Å². The molecule has 2 aliphatic carbocycles. The number of carbonyl (C=O) groups is 2. The Balaban J connectivity index is 1.65. The molecular weight excluding hydrogens is 290 g/mol. The van der Waals surface area contributed by atoms with E-state index in [1.807, 2.05) is 18.2 Å². The van der Waals surface area contributed by atoms with Crippen LogP contribution in [-0.4, -0.2) is 22.5 Å². The predicted molar refractivity (Wildman–Crippen MR) is 88.0 cm³/mol. The van der Waals surface area contributed by atoms with Gasteiger partial charge in [0.05, 0.1) is 5.92 Å². The number of carbonyl (C=O) groups excluding carboxylic acids is 1. The number of nitrogens with one attached hydrogen (secondary N) is 1. The molecule has 1 amide bonds.